The molecule has 1 aromatic rings. The minimum atomic E-state index is -1.43. The highest BCUT2D eigenvalue weighted by atomic mass is 127. The van der Waals surface area contributed by atoms with E-state index in [0.29, 0.717) is 0 Å². The van der Waals surface area contributed by atoms with Crippen LogP contribution in [0.3, 0.4) is 0 Å². The van der Waals surface area contributed by atoms with Crippen molar-refractivity contribution in [1.82, 2.24) is 10.6 Å². The number of carbonyl (C=O) groups is 4. The fourth-order valence-corrected chi connectivity index (χ4v) is 2.57. The summed E-state index contributed by atoms with van der Waals surface area (Å²) in [7, 11) is 0. The molecule has 0 bridgehead atoms. The van der Waals surface area contributed by atoms with E-state index in [4.69, 9.17) is 10.2 Å². The van der Waals surface area contributed by atoms with E-state index in [2.05, 4.69) is 10.6 Å². The Morgan fingerprint density at radius 1 is 0.960 bits per heavy atom. The summed E-state index contributed by atoms with van der Waals surface area (Å²) in [5, 5.41) is 31.1. The molecule has 0 unspecified atom stereocenters. The van der Waals surface area contributed by atoms with Crippen LogP contribution in [-0.4, -0.2) is 51.3 Å². The van der Waals surface area contributed by atoms with E-state index in [1.54, 1.807) is 24.3 Å². The summed E-state index contributed by atoms with van der Waals surface area (Å²) in [6.07, 6.45) is -0.733. The lowest BCUT2D eigenvalue weighted by Crippen LogP contribution is -2.51. The van der Waals surface area contributed by atoms with Gasteiger partial charge in [-0.25, -0.2) is 14.4 Å². The second-order valence-corrected chi connectivity index (χ2v) is 6.29. The average Bonchev–Trinajstić information content (AvgIpc) is 2.52. The Balaban J connectivity index is 2.72. The molecule has 0 aliphatic heterocycles. The molecule has 0 aromatic heterocycles. The van der Waals surface area contributed by atoms with Gasteiger partial charge in [0.05, 0.1) is 0 Å². The molecule has 10 heteroatoms. The van der Waals surface area contributed by atoms with Gasteiger partial charge in [0.1, 0.15) is 12.1 Å². The summed E-state index contributed by atoms with van der Waals surface area (Å²) in [4.78, 5) is 44.8. The van der Waals surface area contributed by atoms with Crippen molar-refractivity contribution < 1.29 is 34.5 Å². The maximum atomic E-state index is 11.9. The molecule has 0 aliphatic carbocycles. The molecular formula is C15H17IN2O7. The van der Waals surface area contributed by atoms with Crippen LogP contribution in [0, 0.1) is 3.57 Å². The van der Waals surface area contributed by atoms with Gasteiger partial charge in [0.15, 0.2) is 0 Å². The van der Waals surface area contributed by atoms with Gasteiger partial charge in [-0.1, -0.05) is 18.2 Å². The number of nitrogens with one attached hydrogen (secondary N) is 2. The number of benzene rings is 1. The highest BCUT2D eigenvalue weighted by molar-refractivity contribution is 14.1. The lowest BCUT2D eigenvalue weighted by atomic mass is 10.1. The molecule has 136 valence electrons. The smallest absolute Gasteiger partial charge is 0.326 e. The largest absolute Gasteiger partial charge is 0.481 e. The van der Waals surface area contributed by atoms with Gasteiger partial charge in [0.2, 0.25) is 0 Å². The summed E-state index contributed by atoms with van der Waals surface area (Å²) in [6, 6.07) is 3.37. The first-order valence-corrected chi connectivity index (χ1v) is 8.26. The van der Waals surface area contributed by atoms with E-state index < -0.39 is 42.4 Å². The predicted octanol–water partition coefficient (Wildman–Crippen LogP) is 0.904. The van der Waals surface area contributed by atoms with Crippen LogP contribution in [0.15, 0.2) is 24.3 Å². The molecule has 25 heavy (non-hydrogen) atoms. The number of carboxylic acids is 3. The quantitative estimate of drug-likeness (QED) is 0.341. The van der Waals surface area contributed by atoms with E-state index in [0.717, 1.165) is 9.13 Å². The second kappa shape index (κ2) is 9.81. The molecular weight excluding hydrogens is 447 g/mol. The van der Waals surface area contributed by atoms with E-state index in [1.165, 1.54) is 0 Å². The molecule has 0 spiro atoms. The Hall–Kier alpha value is -2.37. The Kier molecular flexibility index (Phi) is 8.11. The van der Waals surface area contributed by atoms with E-state index in [1.807, 2.05) is 22.6 Å². The second-order valence-electron chi connectivity index (χ2n) is 5.13. The van der Waals surface area contributed by atoms with Gasteiger partial charge < -0.3 is 26.0 Å². The van der Waals surface area contributed by atoms with Crippen molar-refractivity contribution >= 4 is 46.5 Å². The third-order valence-corrected chi connectivity index (χ3v) is 4.29. The summed E-state index contributed by atoms with van der Waals surface area (Å²) >= 11 is 2.04. The molecule has 0 fully saturated rings. The van der Waals surface area contributed by atoms with Crippen molar-refractivity contribution in [2.75, 3.05) is 0 Å². The van der Waals surface area contributed by atoms with Crippen molar-refractivity contribution in [3.8, 4) is 0 Å². The third kappa shape index (κ3) is 7.37. The number of amides is 2. The molecule has 0 saturated heterocycles. The van der Waals surface area contributed by atoms with E-state index in [9.17, 15) is 24.3 Å². The topological polar surface area (TPSA) is 153 Å². The molecule has 2 atom stereocenters. The van der Waals surface area contributed by atoms with Crippen LogP contribution in [0.25, 0.3) is 0 Å². The van der Waals surface area contributed by atoms with Gasteiger partial charge >= 0.3 is 23.9 Å². The first-order valence-electron chi connectivity index (χ1n) is 7.18. The van der Waals surface area contributed by atoms with Crippen LogP contribution < -0.4 is 10.6 Å². The van der Waals surface area contributed by atoms with Crippen molar-refractivity contribution in [2.24, 2.45) is 0 Å². The Labute approximate surface area is 156 Å². The molecule has 0 radical (unpaired) electrons. The average molecular weight is 464 g/mol. The number of rotatable bonds is 9. The molecule has 0 saturated carbocycles. The minimum Gasteiger partial charge on any atom is -0.481 e. The number of aliphatic carboxylic acids is 3. The van der Waals surface area contributed by atoms with E-state index in [-0.39, 0.29) is 12.8 Å². The summed E-state index contributed by atoms with van der Waals surface area (Å²) in [5.41, 5.74) is 0.719. The van der Waals surface area contributed by atoms with Gasteiger partial charge in [0, 0.05) is 16.4 Å². The van der Waals surface area contributed by atoms with Gasteiger partial charge in [-0.2, -0.15) is 0 Å². The Morgan fingerprint density at radius 2 is 1.52 bits per heavy atom. The zero-order valence-electron chi connectivity index (χ0n) is 12.9. The van der Waals surface area contributed by atoms with Crippen molar-refractivity contribution in [3.63, 3.8) is 0 Å². The van der Waals surface area contributed by atoms with Crippen LogP contribution in [0.1, 0.15) is 18.4 Å². The normalized spacial score (nSPS) is 12.7. The van der Waals surface area contributed by atoms with Crippen molar-refractivity contribution in [1.29, 1.82) is 0 Å². The number of halogens is 1. The first-order chi connectivity index (χ1) is 11.7. The first kappa shape index (κ1) is 20.7. The monoisotopic (exact) mass is 464 g/mol. The fraction of sp³-hybridized carbons (Fsp3) is 0.333. The highest BCUT2D eigenvalue weighted by Gasteiger charge is 2.25. The molecule has 2 amide bonds. The lowest BCUT2D eigenvalue weighted by molar-refractivity contribution is -0.140. The summed E-state index contributed by atoms with van der Waals surface area (Å²) in [5.74, 6) is -3.87. The SMILES string of the molecule is O=C(O)CC[C@H](NC(=O)N[C@@H](Cc1ccccc1I)C(=O)O)C(=O)O. The third-order valence-electron chi connectivity index (χ3n) is 3.24. The van der Waals surface area contributed by atoms with Crippen molar-refractivity contribution in [3.05, 3.63) is 33.4 Å². The highest BCUT2D eigenvalue weighted by Crippen LogP contribution is 2.13. The number of carboxylic acid groups (broad SMARTS) is 3. The fourth-order valence-electron chi connectivity index (χ4n) is 1.97. The Bertz CT molecular complexity index is 665. The predicted molar refractivity (Wildman–Crippen MR) is 94.2 cm³/mol. The molecule has 9 nitrogen and oxygen atoms in total. The van der Waals surface area contributed by atoms with Gasteiger partial charge in [-0.15, -0.1) is 0 Å². The molecule has 0 aliphatic rings. The maximum Gasteiger partial charge on any atom is 0.326 e. The number of hydrogen-bond acceptors (Lipinski definition) is 4. The number of carbonyl (C=O) groups excluding carboxylic acids is 1. The molecule has 5 N–H and O–H groups in total. The maximum absolute atomic E-state index is 11.9. The summed E-state index contributed by atoms with van der Waals surface area (Å²) in [6.45, 7) is 0. The van der Waals surface area contributed by atoms with E-state index >= 15 is 0 Å². The molecule has 1 aromatic carbocycles. The van der Waals surface area contributed by atoms with Crippen LogP contribution in [0.5, 0.6) is 0 Å². The summed E-state index contributed by atoms with van der Waals surface area (Å²) < 4.78 is 0.832. The van der Waals surface area contributed by atoms with Crippen LogP contribution >= 0.6 is 22.6 Å². The van der Waals surface area contributed by atoms with Gasteiger partial charge in [-0.3, -0.25) is 4.79 Å². The van der Waals surface area contributed by atoms with Gasteiger partial charge in [0.25, 0.3) is 0 Å². The standard InChI is InChI=1S/C15H17IN2O7/c16-9-4-2-1-3-8(9)7-11(14(23)24)18-15(25)17-10(13(21)22)5-6-12(19)20/h1-4,10-11H,5-7H2,(H,19,20)(H,21,22)(H,23,24)(H2,17,18,25)/t10-,11-/m0/s1. The molecule has 1 rings (SSSR count). The minimum absolute atomic E-state index is 0.0226. The van der Waals surface area contributed by atoms with Crippen molar-refractivity contribution in [2.45, 2.75) is 31.3 Å². The zero-order valence-corrected chi connectivity index (χ0v) is 15.1. The zero-order chi connectivity index (χ0) is 19.0. The molecule has 0 heterocycles. The van der Waals surface area contributed by atoms with Crippen LogP contribution in [0.4, 0.5) is 4.79 Å². The van der Waals surface area contributed by atoms with Crippen LogP contribution in [0.2, 0.25) is 0 Å². The lowest BCUT2D eigenvalue weighted by Gasteiger charge is -2.18. The number of urea groups is 1. The van der Waals surface area contributed by atoms with Gasteiger partial charge in [-0.05, 0) is 40.6 Å². The van der Waals surface area contributed by atoms with Crippen LogP contribution in [-0.2, 0) is 20.8 Å². The number of hydrogen-bond donors (Lipinski definition) is 5. The Morgan fingerprint density at radius 3 is 2.04 bits per heavy atom.